The van der Waals surface area contributed by atoms with Gasteiger partial charge in [0.2, 0.25) is 0 Å². The van der Waals surface area contributed by atoms with Crippen LogP contribution in [0, 0.1) is 6.92 Å². The van der Waals surface area contributed by atoms with Gasteiger partial charge in [-0.3, -0.25) is 9.59 Å². The molecule has 1 aromatic heterocycles. The number of hydrogen-bond acceptors (Lipinski definition) is 6. The Hall–Kier alpha value is -2.67. The molecule has 0 saturated heterocycles. The highest BCUT2D eigenvalue weighted by atomic mass is 32.1. The summed E-state index contributed by atoms with van der Waals surface area (Å²) >= 11 is 1.36. The second-order valence-electron chi connectivity index (χ2n) is 5.46. The Labute approximate surface area is 156 Å². The van der Waals surface area contributed by atoms with Gasteiger partial charge in [-0.25, -0.2) is 4.79 Å². The lowest BCUT2D eigenvalue weighted by Crippen LogP contribution is -2.21. The van der Waals surface area contributed by atoms with Crippen LogP contribution in [0.25, 0.3) is 0 Å². The van der Waals surface area contributed by atoms with Crippen LogP contribution in [0.4, 0.5) is 5.00 Å². The number of aryl methyl sites for hydroxylation is 1. The maximum atomic E-state index is 12.2. The van der Waals surface area contributed by atoms with E-state index in [4.69, 9.17) is 9.47 Å². The van der Waals surface area contributed by atoms with Crippen LogP contribution in [0.1, 0.15) is 45.0 Å². The maximum absolute atomic E-state index is 12.2. The zero-order valence-electron chi connectivity index (χ0n) is 15.0. The van der Waals surface area contributed by atoms with Crippen molar-refractivity contribution < 1.29 is 23.9 Å². The summed E-state index contributed by atoms with van der Waals surface area (Å²) in [5, 5.41) is 3.19. The largest absolute Gasteiger partial charge is 0.484 e. The van der Waals surface area contributed by atoms with Gasteiger partial charge >= 0.3 is 5.97 Å². The number of hydrogen-bond donors (Lipinski definition) is 1. The van der Waals surface area contributed by atoms with Crippen LogP contribution < -0.4 is 10.1 Å². The molecule has 0 saturated carbocycles. The molecule has 0 aliphatic carbocycles. The third-order valence-electron chi connectivity index (χ3n) is 3.66. The van der Waals surface area contributed by atoms with E-state index in [1.54, 1.807) is 31.2 Å². The Balaban J connectivity index is 2.10. The van der Waals surface area contributed by atoms with Gasteiger partial charge in [-0.15, -0.1) is 11.3 Å². The van der Waals surface area contributed by atoms with Gasteiger partial charge < -0.3 is 14.8 Å². The molecule has 0 aliphatic heterocycles. The fourth-order valence-corrected chi connectivity index (χ4v) is 3.57. The van der Waals surface area contributed by atoms with E-state index in [1.165, 1.54) is 11.3 Å². The van der Waals surface area contributed by atoms with Gasteiger partial charge in [-0.2, -0.15) is 0 Å². The molecule has 1 aromatic carbocycles. The van der Waals surface area contributed by atoms with Gasteiger partial charge in [0.25, 0.3) is 5.91 Å². The number of nitrogens with one attached hydrogen (secondary N) is 1. The molecule has 7 heteroatoms. The Morgan fingerprint density at radius 2 is 2.04 bits per heavy atom. The summed E-state index contributed by atoms with van der Waals surface area (Å²) in [5.74, 6) is -0.418. The number of esters is 1. The van der Waals surface area contributed by atoms with Crippen molar-refractivity contribution >= 4 is 34.5 Å². The van der Waals surface area contributed by atoms with E-state index in [9.17, 15) is 14.4 Å². The Morgan fingerprint density at radius 3 is 2.69 bits per heavy atom. The number of anilines is 1. The minimum Gasteiger partial charge on any atom is -0.484 e. The molecule has 26 heavy (non-hydrogen) atoms. The lowest BCUT2D eigenvalue weighted by atomic mass is 10.1. The van der Waals surface area contributed by atoms with E-state index in [1.807, 2.05) is 13.8 Å². The van der Waals surface area contributed by atoms with Gasteiger partial charge in [0.15, 0.2) is 6.61 Å². The molecule has 2 aromatic rings. The number of amides is 1. The molecule has 0 spiro atoms. The fourth-order valence-electron chi connectivity index (χ4n) is 2.42. The first-order valence-electron chi connectivity index (χ1n) is 8.27. The molecule has 6 nitrogen and oxygen atoms in total. The molecule has 1 heterocycles. The van der Waals surface area contributed by atoms with E-state index in [-0.39, 0.29) is 13.2 Å². The van der Waals surface area contributed by atoms with Crippen LogP contribution in [0.15, 0.2) is 24.3 Å². The molecular formula is C19H21NO5S. The molecule has 1 N–H and O–H groups in total. The minimum atomic E-state index is -0.448. The summed E-state index contributed by atoms with van der Waals surface area (Å²) in [4.78, 5) is 36.2. The standard InChI is InChI=1S/C19H21NO5S/c1-4-15-12(3)17(19(23)24-5-2)18(26-15)20-16(22)11-25-14-8-6-7-13(9-14)10-21/h6-10H,4-5,11H2,1-3H3,(H,20,22). The lowest BCUT2D eigenvalue weighted by molar-refractivity contribution is -0.118. The van der Waals surface area contributed by atoms with Crippen molar-refractivity contribution in [1.82, 2.24) is 0 Å². The highest BCUT2D eigenvalue weighted by molar-refractivity contribution is 7.17. The second-order valence-corrected chi connectivity index (χ2v) is 6.56. The lowest BCUT2D eigenvalue weighted by Gasteiger charge is -2.09. The summed E-state index contributed by atoms with van der Waals surface area (Å²) in [6.45, 7) is 5.60. The van der Waals surface area contributed by atoms with E-state index < -0.39 is 11.9 Å². The van der Waals surface area contributed by atoms with Crippen molar-refractivity contribution in [3.8, 4) is 5.75 Å². The third-order valence-corrected chi connectivity index (χ3v) is 5.01. The number of carbonyl (C=O) groups excluding carboxylic acids is 3. The van der Waals surface area contributed by atoms with Gasteiger partial charge in [0, 0.05) is 10.4 Å². The monoisotopic (exact) mass is 375 g/mol. The Morgan fingerprint density at radius 1 is 1.27 bits per heavy atom. The first-order valence-corrected chi connectivity index (χ1v) is 9.09. The van der Waals surface area contributed by atoms with Gasteiger partial charge in [0.05, 0.1) is 12.2 Å². The van der Waals surface area contributed by atoms with E-state index in [2.05, 4.69) is 5.32 Å². The minimum absolute atomic E-state index is 0.233. The second kappa shape index (κ2) is 9.15. The van der Waals surface area contributed by atoms with Crippen molar-refractivity contribution in [2.45, 2.75) is 27.2 Å². The van der Waals surface area contributed by atoms with E-state index in [0.29, 0.717) is 28.2 Å². The van der Waals surface area contributed by atoms with Crippen LogP contribution >= 0.6 is 11.3 Å². The van der Waals surface area contributed by atoms with Gasteiger partial charge in [-0.05, 0) is 38.0 Å². The fraction of sp³-hybridized carbons (Fsp3) is 0.316. The maximum Gasteiger partial charge on any atom is 0.341 e. The number of benzene rings is 1. The smallest absolute Gasteiger partial charge is 0.341 e. The number of rotatable bonds is 8. The van der Waals surface area contributed by atoms with Crippen LogP contribution in [0.2, 0.25) is 0 Å². The molecule has 0 unspecified atom stereocenters. The summed E-state index contributed by atoms with van der Waals surface area (Å²) in [6, 6.07) is 6.53. The average Bonchev–Trinajstić information content (AvgIpc) is 2.95. The topological polar surface area (TPSA) is 81.7 Å². The predicted molar refractivity (Wildman–Crippen MR) is 100 cm³/mol. The third kappa shape index (κ3) is 4.70. The van der Waals surface area contributed by atoms with Crippen LogP contribution in [0.3, 0.4) is 0 Å². The molecular weight excluding hydrogens is 354 g/mol. The zero-order chi connectivity index (χ0) is 19.1. The van der Waals surface area contributed by atoms with Crippen LogP contribution in [0.5, 0.6) is 5.75 Å². The molecule has 0 bridgehead atoms. The zero-order valence-corrected chi connectivity index (χ0v) is 15.8. The van der Waals surface area contributed by atoms with Crippen molar-refractivity contribution in [3.63, 3.8) is 0 Å². The molecule has 2 rings (SSSR count). The number of ether oxygens (including phenoxy) is 2. The average molecular weight is 375 g/mol. The van der Waals surface area contributed by atoms with Gasteiger partial charge in [0.1, 0.15) is 17.0 Å². The van der Waals surface area contributed by atoms with Crippen molar-refractivity contribution in [1.29, 1.82) is 0 Å². The molecule has 0 atom stereocenters. The number of aldehydes is 1. The summed E-state index contributed by atoms with van der Waals surface area (Å²) in [5.41, 5.74) is 1.69. The Bertz CT molecular complexity index is 812. The summed E-state index contributed by atoms with van der Waals surface area (Å²) < 4.78 is 10.5. The van der Waals surface area contributed by atoms with E-state index in [0.717, 1.165) is 16.9 Å². The predicted octanol–water partition coefficient (Wildman–Crippen LogP) is 3.63. The molecule has 0 radical (unpaired) electrons. The van der Waals surface area contributed by atoms with Crippen LogP contribution in [-0.4, -0.2) is 31.4 Å². The van der Waals surface area contributed by atoms with E-state index >= 15 is 0 Å². The van der Waals surface area contributed by atoms with Crippen molar-refractivity contribution in [2.75, 3.05) is 18.5 Å². The summed E-state index contributed by atoms with van der Waals surface area (Å²) in [7, 11) is 0. The first kappa shape index (κ1) is 19.7. The van der Waals surface area contributed by atoms with Crippen molar-refractivity contribution in [3.05, 3.63) is 45.8 Å². The Kier molecular flexibility index (Phi) is 6.91. The molecule has 0 fully saturated rings. The molecule has 1 amide bonds. The summed E-state index contributed by atoms with van der Waals surface area (Å²) in [6.07, 6.45) is 1.47. The SMILES string of the molecule is CCOC(=O)c1c(NC(=O)COc2cccc(C=O)c2)sc(CC)c1C. The van der Waals surface area contributed by atoms with Crippen LogP contribution in [-0.2, 0) is 16.0 Å². The highest BCUT2D eigenvalue weighted by Gasteiger charge is 2.23. The van der Waals surface area contributed by atoms with Crippen molar-refractivity contribution in [2.24, 2.45) is 0 Å². The first-order chi connectivity index (χ1) is 12.5. The molecule has 0 aliphatic rings. The highest BCUT2D eigenvalue weighted by Crippen LogP contribution is 2.34. The quantitative estimate of drug-likeness (QED) is 0.563. The van der Waals surface area contributed by atoms with Gasteiger partial charge in [-0.1, -0.05) is 19.1 Å². The normalized spacial score (nSPS) is 10.3. The number of thiophene rings is 1. The molecule has 138 valence electrons. The number of carbonyl (C=O) groups is 3.